The summed E-state index contributed by atoms with van der Waals surface area (Å²) < 4.78 is 8.41. The summed E-state index contributed by atoms with van der Waals surface area (Å²) in [5.74, 6) is -0.418. The molecule has 0 unspecified atom stereocenters. The molecule has 0 aromatic carbocycles. The Morgan fingerprint density at radius 2 is 2.00 bits per heavy atom. The van der Waals surface area contributed by atoms with Gasteiger partial charge in [-0.3, -0.25) is 23.9 Å². The van der Waals surface area contributed by atoms with Gasteiger partial charge in [-0.25, -0.2) is 0 Å². The van der Waals surface area contributed by atoms with Crippen molar-refractivity contribution in [3.63, 3.8) is 0 Å². The van der Waals surface area contributed by atoms with Crippen LogP contribution in [0.2, 0.25) is 4.34 Å². The normalized spacial score (nSPS) is 10.9. The first-order valence-corrected chi connectivity index (χ1v) is 12.6. The summed E-state index contributed by atoms with van der Waals surface area (Å²) in [6.45, 7) is 3.95. The summed E-state index contributed by atoms with van der Waals surface area (Å²) in [7, 11) is 0. The molecule has 0 aliphatic carbocycles. The molecular weight excluding hydrogens is 526 g/mol. The molecule has 5 aromatic rings. The topological polar surface area (TPSA) is 112 Å². The average molecular weight is 546 g/mol. The highest BCUT2D eigenvalue weighted by atomic mass is 35.5. The quantitative estimate of drug-likeness (QED) is 0.252. The zero-order valence-corrected chi connectivity index (χ0v) is 21.4. The van der Waals surface area contributed by atoms with Crippen LogP contribution >= 0.6 is 22.9 Å². The zero-order valence-electron chi connectivity index (χ0n) is 19.8. The molecular formula is C27H20ClN5O4S. The number of anilines is 1. The summed E-state index contributed by atoms with van der Waals surface area (Å²) in [6, 6.07) is 16.4. The van der Waals surface area contributed by atoms with Crippen molar-refractivity contribution >= 4 is 46.5 Å². The van der Waals surface area contributed by atoms with Gasteiger partial charge in [0.25, 0.3) is 5.56 Å². The maximum atomic E-state index is 13.3. The van der Waals surface area contributed by atoms with E-state index in [2.05, 4.69) is 22.0 Å². The fourth-order valence-electron chi connectivity index (χ4n) is 3.86. The van der Waals surface area contributed by atoms with Crippen molar-refractivity contribution in [1.82, 2.24) is 19.3 Å². The molecule has 0 radical (unpaired) electrons. The molecule has 0 aliphatic heterocycles. The number of rotatable bonds is 9. The molecule has 0 atom stereocenters. The number of hydrogen-bond donors (Lipinski definition) is 1. The van der Waals surface area contributed by atoms with Gasteiger partial charge in [0.2, 0.25) is 5.78 Å². The van der Waals surface area contributed by atoms with E-state index < -0.39 is 11.5 Å². The third-order valence-electron chi connectivity index (χ3n) is 5.64. The van der Waals surface area contributed by atoms with Crippen LogP contribution < -0.4 is 10.9 Å². The van der Waals surface area contributed by atoms with Gasteiger partial charge >= 0.3 is 5.91 Å². The van der Waals surface area contributed by atoms with Crippen molar-refractivity contribution in [2.24, 2.45) is 0 Å². The number of nitrogens with one attached hydrogen (secondary N) is 1. The lowest BCUT2D eigenvalue weighted by atomic mass is 10.1. The number of carbonyl (C=O) groups is 2. The lowest BCUT2D eigenvalue weighted by Gasteiger charge is -2.13. The molecule has 0 bridgehead atoms. The predicted molar refractivity (Wildman–Crippen MR) is 146 cm³/mol. The Morgan fingerprint density at radius 3 is 2.68 bits per heavy atom. The van der Waals surface area contributed by atoms with Crippen LogP contribution in [0, 0.1) is 0 Å². The van der Waals surface area contributed by atoms with E-state index in [-0.39, 0.29) is 29.5 Å². The van der Waals surface area contributed by atoms with Crippen molar-refractivity contribution in [2.45, 2.75) is 13.1 Å². The van der Waals surface area contributed by atoms with Gasteiger partial charge in [-0.1, -0.05) is 30.3 Å². The molecule has 38 heavy (non-hydrogen) atoms. The summed E-state index contributed by atoms with van der Waals surface area (Å²) in [5.41, 5.74) is 1.00. The van der Waals surface area contributed by atoms with Crippen LogP contribution in [-0.2, 0) is 13.1 Å². The number of thiophene rings is 1. The minimum absolute atomic E-state index is 0.0848. The van der Waals surface area contributed by atoms with Crippen LogP contribution in [0.3, 0.4) is 0 Å². The molecule has 0 aliphatic rings. The summed E-state index contributed by atoms with van der Waals surface area (Å²) in [5, 5.41) is 7.75. The van der Waals surface area contributed by atoms with E-state index in [1.54, 1.807) is 48.5 Å². The number of carbonyl (C=O) groups excluding carboxylic acids is 2. The molecule has 0 spiro atoms. The van der Waals surface area contributed by atoms with E-state index >= 15 is 0 Å². The van der Waals surface area contributed by atoms with Crippen LogP contribution in [-0.4, -0.2) is 31.0 Å². The van der Waals surface area contributed by atoms with E-state index in [1.165, 1.54) is 45.2 Å². The molecule has 0 saturated heterocycles. The smallest absolute Gasteiger partial charge is 0.315 e. The molecule has 9 nitrogen and oxygen atoms in total. The molecule has 190 valence electrons. The second-order valence-corrected chi connectivity index (χ2v) is 9.87. The molecule has 0 amide bonds. The molecule has 1 N–H and O–H groups in total. The average Bonchev–Trinajstić information content (AvgIpc) is 3.70. The van der Waals surface area contributed by atoms with Gasteiger partial charge in [-0.05, 0) is 42.5 Å². The predicted octanol–water partition coefficient (Wildman–Crippen LogP) is 5.24. The first-order chi connectivity index (χ1) is 18.4. The number of nitrogens with zero attached hydrogens (tertiary/aromatic N) is 4. The lowest BCUT2D eigenvalue weighted by molar-refractivity contribution is 0.0918. The molecule has 0 fully saturated rings. The van der Waals surface area contributed by atoms with E-state index in [9.17, 15) is 14.4 Å². The van der Waals surface area contributed by atoms with Gasteiger partial charge in [-0.15, -0.1) is 11.3 Å². The fourth-order valence-corrected chi connectivity index (χ4v) is 4.89. The number of Topliss-reactive ketones (excluding diaryl/α,β-unsaturated/α-hetero) is 1. The minimum atomic E-state index is -0.512. The Hall–Kier alpha value is -4.54. The maximum absolute atomic E-state index is 13.3. The highest BCUT2D eigenvalue weighted by Gasteiger charge is 2.23. The van der Waals surface area contributed by atoms with Gasteiger partial charge in [0.15, 0.2) is 5.76 Å². The van der Waals surface area contributed by atoms with Crippen LogP contribution in [0.4, 0.5) is 5.82 Å². The summed E-state index contributed by atoms with van der Waals surface area (Å²) in [4.78, 5) is 44.3. The summed E-state index contributed by atoms with van der Waals surface area (Å²) >= 11 is 7.47. The molecule has 5 heterocycles. The monoisotopic (exact) mass is 545 g/mol. The third-order valence-corrected chi connectivity index (χ3v) is 6.87. The summed E-state index contributed by atoms with van der Waals surface area (Å²) in [6.07, 6.45) is 4.47. The lowest BCUT2D eigenvalue weighted by Crippen LogP contribution is -2.26. The number of furan rings is 1. The van der Waals surface area contributed by atoms with Crippen molar-refractivity contribution in [1.29, 1.82) is 0 Å². The highest BCUT2D eigenvalue weighted by molar-refractivity contribution is 7.16. The Kier molecular flexibility index (Phi) is 7.16. The van der Waals surface area contributed by atoms with Gasteiger partial charge < -0.3 is 9.73 Å². The highest BCUT2D eigenvalue weighted by Crippen LogP contribution is 2.28. The number of aromatic nitrogens is 4. The van der Waals surface area contributed by atoms with Crippen molar-refractivity contribution in [2.75, 3.05) is 5.32 Å². The van der Waals surface area contributed by atoms with E-state index in [0.29, 0.717) is 28.0 Å². The van der Waals surface area contributed by atoms with Gasteiger partial charge in [0, 0.05) is 28.8 Å². The number of hydrogen-bond acceptors (Lipinski definition) is 8. The SMILES string of the molecule is C=Cc1ccc(=O)n(CC(=O)c2ccccn2)c1-c1cc(NCc2ccc(Cl)s2)n(C(=O)c2ccco2)n1. The molecule has 5 aromatic heterocycles. The Labute approximate surface area is 225 Å². The van der Waals surface area contributed by atoms with Crippen molar-refractivity contribution in [3.8, 4) is 11.4 Å². The van der Waals surface area contributed by atoms with Crippen LogP contribution in [0.1, 0.15) is 31.5 Å². The van der Waals surface area contributed by atoms with Crippen LogP contribution in [0.15, 0.2) is 88.9 Å². The van der Waals surface area contributed by atoms with Crippen LogP contribution in [0.5, 0.6) is 0 Å². The standard InChI is InChI=1S/C27H20ClN5O4S/c1-2-17-8-11-25(35)32(16-21(34)19-6-3-4-12-29-19)26(17)20-14-24(30-15-18-9-10-23(28)38-18)33(31-20)27(36)22-7-5-13-37-22/h2-14,30H,1,15-16H2. The van der Waals surface area contributed by atoms with E-state index in [0.717, 1.165) is 4.88 Å². The van der Waals surface area contributed by atoms with Gasteiger partial charge in [-0.2, -0.15) is 9.78 Å². The first-order valence-electron chi connectivity index (χ1n) is 11.4. The Morgan fingerprint density at radius 1 is 1.13 bits per heavy atom. The molecule has 0 saturated carbocycles. The Balaban J connectivity index is 1.60. The number of pyridine rings is 2. The van der Waals surface area contributed by atoms with Crippen LogP contribution in [0.25, 0.3) is 17.5 Å². The van der Waals surface area contributed by atoms with Crippen molar-refractivity contribution in [3.05, 3.63) is 116 Å². The van der Waals surface area contributed by atoms with Crippen molar-refractivity contribution < 1.29 is 14.0 Å². The van der Waals surface area contributed by atoms with E-state index in [4.69, 9.17) is 16.0 Å². The minimum Gasteiger partial charge on any atom is -0.459 e. The third kappa shape index (κ3) is 5.13. The van der Waals surface area contributed by atoms with E-state index in [1.807, 2.05) is 6.07 Å². The number of halogens is 1. The first kappa shape index (κ1) is 25.1. The van der Waals surface area contributed by atoms with Gasteiger partial charge in [0.1, 0.15) is 17.2 Å². The van der Waals surface area contributed by atoms with Gasteiger partial charge in [0.05, 0.1) is 29.4 Å². The number of ketones is 1. The second-order valence-electron chi connectivity index (χ2n) is 8.07. The largest absolute Gasteiger partial charge is 0.459 e. The zero-order chi connectivity index (χ0) is 26.6. The Bertz CT molecular complexity index is 1690. The second kappa shape index (κ2) is 10.8. The fraction of sp³-hybridized carbons (Fsp3) is 0.0741. The molecule has 11 heteroatoms. The maximum Gasteiger partial charge on any atom is 0.315 e. The molecule has 5 rings (SSSR count).